The molecular formula is C32H68N+. The van der Waals surface area contributed by atoms with E-state index in [9.17, 15) is 0 Å². The summed E-state index contributed by atoms with van der Waals surface area (Å²) in [6.07, 6.45) is 26.1. The van der Waals surface area contributed by atoms with E-state index in [0.29, 0.717) is 25.7 Å². The summed E-state index contributed by atoms with van der Waals surface area (Å²) in [6.45, 7) is -8.19. The predicted octanol–water partition coefficient (Wildman–Crippen LogP) is 11.2. The Labute approximate surface area is 226 Å². The van der Waals surface area contributed by atoms with Crippen LogP contribution in [0.25, 0.3) is 0 Å². The maximum atomic E-state index is 8.71. The number of nitrogens with zero attached hydrogens (tertiary/aromatic N) is 1. The SMILES string of the molecule is [2H]C([2H])([2H])C([2H])([2H])[N+](CCCCCCCCCCCCCC)(CCCCCCCCCCCCCC)C([2H])([2H])C([2H])([2H])[2H]. The highest BCUT2D eigenvalue weighted by Crippen LogP contribution is 2.17. The minimum absolute atomic E-state index is 0.133. The minimum Gasteiger partial charge on any atom is -0.324 e. The van der Waals surface area contributed by atoms with Gasteiger partial charge in [0.25, 0.3) is 0 Å². The molecule has 0 unspecified atom stereocenters. The van der Waals surface area contributed by atoms with Gasteiger partial charge in [-0.15, -0.1) is 0 Å². The molecule has 0 radical (unpaired) electrons. The lowest BCUT2D eigenvalue weighted by Crippen LogP contribution is -2.49. The second-order valence-corrected chi connectivity index (χ2v) is 10.4. The second-order valence-electron chi connectivity index (χ2n) is 10.4. The van der Waals surface area contributed by atoms with E-state index in [-0.39, 0.29) is 13.1 Å². The molecule has 0 N–H and O–H groups in total. The first-order chi connectivity index (χ1) is 20.1. The molecule has 1 heteroatoms. The fourth-order valence-electron chi connectivity index (χ4n) is 4.81. The van der Waals surface area contributed by atoms with Gasteiger partial charge in [0.05, 0.1) is 31.6 Å². The van der Waals surface area contributed by atoms with Crippen LogP contribution in [-0.4, -0.2) is 30.6 Å². The van der Waals surface area contributed by atoms with Crippen LogP contribution >= 0.6 is 0 Å². The van der Waals surface area contributed by atoms with Gasteiger partial charge in [-0.05, 0) is 39.4 Å². The van der Waals surface area contributed by atoms with Crippen molar-refractivity contribution in [3.05, 3.63) is 0 Å². The zero-order chi connectivity index (χ0) is 32.9. The van der Waals surface area contributed by atoms with Crippen LogP contribution in [0.15, 0.2) is 0 Å². The Morgan fingerprint density at radius 2 is 0.636 bits per heavy atom. The Hall–Kier alpha value is -0.0400. The number of quaternary nitrogens is 1. The van der Waals surface area contributed by atoms with Crippen molar-refractivity contribution in [2.75, 3.05) is 26.1 Å². The van der Waals surface area contributed by atoms with Crippen molar-refractivity contribution in [1.29, 1.82) is 0 Å². The third-order valence-electron chi connectivity index (χ3n) is 7.21. The van der Waals surface area contributed by atoms with E-state index in [1.165, 1.54) is 89.9 Å². The van der Waals surface area contributed by atoms with Crippen molar-refractivity contribution in [2.45, 2.75) is 182 Å². The molecule has 0 aliphatic carbocycles. The summed E-state index contributed by atoms with van der Waals surface area (Å²) >= 11 is 0. The smallest absolute Gasteiger partial charge is 0.0921 e. The molecular weight excluding hydrogens is 398 g/mol. The van der Waals surface area contributed by atoms with E-state index in [1.54, 1.807) is 0 Å². The quantitative estimate of drug-likeness (QED) is 0.0777. The zero-order valence-corrected chi connectivity index (χ0v) is 22.8. The monoisotopic (exact) mass is 477 g/mol. The first-order valence-corrected chi connectivity index (χ1v) is 15.0. The Kier molecular flexibility index (Phi) is 15.4. The number of hydrogen-bond acceptors (Lipinski definition) is 0. The third-order valence-corrected chi connectivity index (χ3v) is 7.21. The van der Waals surface area contributed by atoms with Gasteiger partial charge in [-0.1, -0.05) is 142 Å². The molecule has 0 aliphatic rings. The van der Waals surface area contributed by atoms with Crippen molar-refractivity contribution in [1.82, 2.24) is 0 Å². The van der Waals surface area contributed by atoms with E-state index in [0.717, 1.165) is 38.5 Å². The fourth-order valence-corrected chi connectivity index (χ4v) is 4.81. The molecule has 1 nitrogen and oxygen atoms in total. The van der Waals surface area contributed by atoms with Crippen LogP contribution in [0, 0.1) is 0 Å². The highest BCUT2D eigenvalue weighted by atomic mass is 15.3. The van der Waals surface area contributed by atoms with Gasteiger partial charge in [-0.25, -0.2) is 0 Å². The number of hydrogen-bond donors (Lipinski definition) is 0. The largest absolute Gasteiger partial charge is 0.324 e. The van der Waals surface area contributed by atoms with Crippen LogP contribution in [-0.2, 0) is 0 Å². The molecule has 0 rings (SSSR count). The first-order valence-electron chi connectivity index (χ1n) is 20.0. The van der Waals surface area contributed by atoms with Crippen LogP contribution in [0.1, 0.15) is 195 Å². The van der Waals surface area contributed by atoms with Crippen molar-refractivity contribution in [3.63, 3.8) is 0 Å². The highest BCUT2D eigenvalue weighted by Gasteiger charge is 2.21. The maximum absolute atomic E-state index is 8.71. The standard InChI is InChI=1S/C32H68N/c1-5-9-11-13-15-17-19-21-23-25-27-29-31-33(7-3,8-4)32-30-28-26-24-22-20-18-16-14-12-10-6-2/h5-32H2,1-4H3/q+1/i3D3,4D3,7D2,8D2. The van der Waals surface area contributed by atoms with E-state index in [4.69, 9.17) is 13.7 Å². The molecule has 0 aliphatic heterocycles. The van der Waals surface area contributed by atoms with Gasteiger partial charge in [0, 0.05) is 8.22 Å². The molecule has 200 valence electrons. The lowest BCUT2D eigenvalue weighted by atomic mass is 10.0. The first kappa shape index (κ1) is 19.1. The van der Waals surface area contributed by atoms with Gasteiger partial charge in [0.1, 0.15) is 0 Å². The summed E-state index contributed by atoms with van der Waals surface area (Å²) in [5.74, 6) is 0. The Bertz CT molecular complexity index is 606. The minimum atomic E-state index is -3.15. The van der Waals surface area contributed by atoms with E-state index in [1.807, 2.05) is 0 Å². The molecule has 0 aromatic heterocycles. The molecule has 0 aromatic carbocycles. The van der Waals surface area contributed by atoms with Crippen molar-refractivity contribution < 1.29 is 18.2 Å². The van der Waals surface area contributed by atoms with Crippen molar-refractivity contribution in [3.8, 4) is 0 Å². The van der Waals surface area contributed by atoms with E-state index < -0.39 is 31.2 Å². The Balaban J connectivity index is 5.11. The number of unbranched alkanes of at least 4 members (excludes halogenated alkanes) is 22. The molecule has 0 fully saturated rings. The molecule has 0 aromatic rings. The Morgan fingerprint density at radius 1 is 0.394 bits per heavy atom. The highest BCUT2D eigenvalue weighted by molar-refractivity contribution is 4.52. The van der Waals surface area contributed by atoms with Crippen LogP contribution in [0.3, 0.4) is 0 Å². The van der Waals surface area contributed by atoms with Crippen LogP contribution < -0.4 is 0 Å². The van der Waals surface area contributed by atoms with Crippen molar-refractivity contribution in [2.24, 2.45) is 0 Å². The summed E-state index contributed by atoms with van der Waals surface area (Å²) in [6, 6.07) is 0. The molecule has 0 amide bonds. The van der Waals surface area contributed by atoms with Crippen molar-refractivity contribution >= 4 is 0 Å². The Morgan fingerprint density at radius 3 is 0.879 bits per heavy atom. The molecule has 0 atom stereocenters. The topological polar surface area (TPSA) is 0 Å². The van der Waals surface area contributed by atoms with Gasteiger partial charge in [0.2, 0.25) is 0 Å². The third kappa shape index (κ3) is 22.2. The molecule has 0 bridgehead atoms. The van der Waals surface area contributed by atoms with E-state index in [2.05, 4.69) is 13.8 Å². The molecule has 0 saturated carbocycles. The molecule has 0 saturated heterocycles. The average molecular weight is 477 g/mol. The average Bonchev–Trinajstić information content (AvgIpc) is 2.91. The number of rotatable bonds is 28. The summed E-state index contributed by atoms with van der Waals surface area (Å²) in [5, 5.41) is 0. The molecule has 33 heavy (non-hydrogen) atoms. The van der Waals surface area contributed by atoms with Gasteiger partial charge >= 0.3 is 0 Å². The normalized spacial score (nSPS) is 18.1. The summed E-state index contributed by atoms with van der Waals surface area (Å²) in [4.78, 5) is 0. The van der Waals surface area contributed by atoms with Gasteiger partial charge in [-0.2, -0.15) is 0 Å². The molecule has 0 spiro atoms. The zero-order valence-electron chi connectivity index (χ0n) is 32.8. The van der Waals surface area contributed by atoms with Crippen LogP contribution in [0.4, 0.5) is 0 Å². The summed E-state index contributed by atoms with van der Waals surface area (Å²) < 4.78 is 81.6. The van der Waals surface area contributed by atoms with Crippen LogP contribution in [0.2, 0.25) is 0 Å². The van der Waals surface area contributed by atoms with Gasteiger partial charge < -0.3 is 4.48 Å². The maximum Gasteiger partial charge on any atom is 0.0921 e. The van der Waals surface area contributed by atoms with Gasteiger partial charge in [-0.3, -0.25) is 0 Å². The summed E-state index contributed by atoms with van der Waals surface area (Å²) in [5.41, 5.74) is 0. The lowest BCUT2D eigenvalue weighted by molar-refractivity contribution is -0.925. The fraction of sp³-hybridized carbons (Fsp3) is 1.00. The van der Waals surface area contributed by atoms with Crippen LogP contribution in [0.5, 0.6) is 0 Å². The second kappa shape index (κ2) is 26.6. The van der Waals surface area contributed by atoms with E-state index >= 15 is 0 Å². The lowest BCUT2D eigenvalue weighted by Gasteiger charge is -2.37. The predicted molar refractivity (Wildman–Crippen MR) is 153 cm³/mol. The van der Waals surface area contributed by atoms with Gasteiger partial charge in [0.15, 0.2) is 0 Å². The summed E-state index contributed by atoms with van der Waals surface area (Å²) in [7, 11) is 0. The molecule has 0 heterocycles.